The van der Waals surface area contributed by atoms with Crippen molar-refractivity contribution in [3.05, 3.63) is 59.4 Å². The summed E-state index contributed by atoms with van der Waals surface area (Å²) in [6, 6.07) is 4.35. The molecule has 27 heavy (non-hydrogen) atoms. The number of halogens is 1. The zero-order valence-corrected chi connectivity index (χ0v) is 14.7. The van der Waals surface area contributed by atoms with E-state index in [1.54, 1.807) is 42.3 Å². The zero-order chi connectivity index (χ0) is 19.1. The number of pyridine rings is 1. The molecule has 0 unspecified atom stereocenters. The lowest BCUT2D eigenvalue weighted by molar-refractivity contribution is 0.102. The Hall–Kier alpha value is -3.55. The molecule has 0 bridgehead atoms. The van der Waals surface area contributed by atoms with Crippen LogP contribution in [0.4, 0.5) is 10.1 Å². The van der Waals surface area contributed by atoms with E-state index in [4.69, 9.17) is 0 Å². The van der Waals surface area contributed by atoms with Crippen LogP contribution in [0, 0.1) is 12.7 Å². The van der Waals surface area contributed by atoms with E-state index < -0.39 is 11.7 Å². The third kappa shape index (κ3) is 2.84. The quantitative estimate of drug-likeness (QED) is 0.563. The molecule has 8 heteroatoms. The van der Waals surface area contributed by atoms with Gasteiger partial charge in [0.2, 0.25) is 0 Å². The second-order valence-corrected chi connectivity index (χ2v) is 6.21. The summed E-state index contributed by atoms with van der Waals surface area (Å²) in [6.45, 7) is 4.28. The van der Waals surface area contributed by atoms with Gasteiger partial charge in [0.15, 0.2) is 17.8 Å². The highest BCUT2D eigenvalue weighted by Crippen LogP contribution is 2.23. The van der Waals surface area contributed by atoms with Crippen molar-refractivity contribution in [2.75, 3.05) is 5.32 Å². The molecule has 0 aliphatic rings. The normalized spacial score (nSPS) is 11.2. The summed E-state index contributed by atoms with van der Waals surface area (Å²) in [6.07, 6.45) is 5.73. The number of benzene rings is 1. The summed E-state index contributed by atoms with van der Waals surface area (Å²) in [5.41, 5.74) is 2.37. The Morgan fingerprint density at radius 2 is 2.11 bits per heavy atom. The van der Waals surface area contributed by atoms with Crippen molar-refractivity contribution < 1.29 is 14.0 Å². The van der Waals surface area contributed by atoms with Gasteiger partial charge in [-0.3, -0.25) is 14.3 Å². The van der Waals surface area contributed by atoms with Crippen LogP contribution in [0.3, 0.4) is 0 Å². The molecular formula is C19H16FN5O2. The molecule has 136 valence electrons. The van der Waals surface area contributed by atoms with E-state index in [0.717, 1.165) is 6.29 Å². The molecule has 0 saturated carbocycles. The van der Waals surface area contributed by atoms with Crippen LogP contribution in [0.25, 0.3) is 16.6 Å². The summed E-state index contributed by atoms with van der Waals surface area (Å²) in [5.74, 6) is -0.966. The molecule has 4 rings (SSSR count). The molecule has 0 spiro atoms. The number of aldehydes is 1. The number of nitrogens with zero attached hydrogens (tertiary/aromatic N) is 4. The Bertz CT molecular complexity index is 1210. The van der Waals surface area contributed by atoms with Gasteiger partial charge in [0.25, 0.3) is 5.91 Å². The van der Waals surface area contributed by atoms with E-state index in [9.17, 15) is 14.0 Å². The van der Waals surface area contributed by atoms with Crippen molar-refractivity contribution in [2.45, 2.75) is 20.4 Å². The van der Waals surface area contributed by atoms with Gasteiger partial charge in [-0.05, 0) is 19.9 Å². The Balaban J connectivity index is 1.75. The van der Waals surface area contributed by atoms with E-state index in [1.807, 2.05) is 6.92 Å². The predicted molar refractivity (Wildman–Crippen MR) is 98.6 cm³/mol. The van der Waals surface area contributed by atoms with Gasteiger partial charge in [-0.25, -0.2) is 9.37 Å². The van der Waals surface area contributed by atoms with Gasteiger partial charge < -0.3 is 9.72 Å². The van der Waals surface area contributed by atoms with Crippen LogP contribution in [-0.4, -0.2) is 31.4 Å². The van der Waals surface area contributed by atoms with E-state index in [-0.39, 0.29) is 5.65 Å². The molecule has 0 aliphatic heterocycles. The second kappa shape index (κ2) is 6.31. The first-order valence-corrected chi connectivity index (χ1v) is 8.41. The number of carbonyl (C=O) groups excluding carboxylic acids is 2. The molecule has 0 atom stereocenters. The first kappa shape index (κ1) is 16.9. The number of anilines is 1. The molecule has 0 fully saturated rings. The Labute approximate surface area is 153 Å². The predicted octanol–water partition coefficient (Wildman–Crippen LogP) is 3.22. The first-order chi connectivity index (χ1) is 13.0. The number of carbonyl (C=O) groups is 2. The van der Waals surface area contributed by atoms with Crippen molar-refractivity contribution in [1.82, 2.24) is 19.2 Å². The van der Waals surface area contributed by atoms with Gasteiger partial charge in [0, 0.05) is 42.2 Å². The van der Waals surface area contributed by atoms with Crippen LogP contribution in [-0.2, 0) is 6.54 Å². The molecule has 1 amide bonds. The van der Waals surface area contributed by atoms with E-state index in [2.05, 4.69) is 15.4 Å². The van der Waals surface area contributed by atoms with Crippen molar-refractivity contribution in [1.29, 1.82) is 0 Å². The zero-order valence-electron chi connectivity index (χ0n) is 14.7. The smallest absolute Gasteiger partial charge is 0.257 e. The number of fused-ring (bicyclic) bond motifs is 2. The molecular weight excluding hydrogens is 349 g/mol. The summed E-state index contributed by atoms with van der Waals surface area (Å²) in [7, 11) is 0. The fraction of sp³-hybridized carbons (Fsp3) is 0.158. The van der Waals surface area contributed by atoms with Gasteiger partial charge in [-0.15, -0.1) is 0 Å². The summed E-state index contributed by atoms with van der Waals surface area (Å²) < 4.78 is 17.4. The third-order valence-corrected chi connectivity index (χ3v) is 4.34. The van der Waals surface area contributed by atoms with Crippen LogP contribution in [0.1, 0.15) is 33.3 Å². The van der Waals surface area contributed by atoms with Gasteiger partial charge in [0.05, 0.1) is 16.9 Å². The van der Waals surface area contributed by atoms with Crippen LogP contribution in [0.2, 0.25) is 0 Å². The van der Waals surface area contributed by atoms with Crippen molar-refractivity contribution in [3.8, 4) is 0 Å². The third-order valence-electron chi connectivity index (χ3n) is 4.34. The van der Waals surface area contributed by atoms with Gasteiger partial charge in [0.1, 0.15) is 5.52 Å². The first-order valence-electron chi connectivity index (χ1n) is 8.41. The van der Waals surface area contributed by atoms with Crippen molar-refractivity contribution in [2.24, 2.45) is 0 Å². The maximum Gasteiger partial charge on any atom is 0.257 e. The van der Waals surface area contributed by atoms with Crippen LogP contribution in [0.15, 0.2) is 36.8 Å². The number of nitrogens with one attached hydrogen (secondary N) is 1. The number of hydrogen-bond acceptors (Lipinski definition) is 4. The molecule has 0 aliphatic carbocycles. The summed E-state index contributed by atoms with van der Waals surface area (Å²) in [5, 5.41) is 7.68. The highest BCUT2D eigenvalue weighted by atomic mass is 19.1. The number of hydrogen-bond donors (Lipinski definition) is 1. The Morgan fingerprint density at radius 1 is 1.30 bits per heavy atom. The van der Waals surface area contributed by atoms with Crippen molar-refractivity contribution >= 4 is 34.4 Å². The minimum atomic E-state index is -0.530. The standard InChI is InChI=1S/C19H16FN5O2/c1-3-25-9-15-12(10-26)4-5-14(17(15)23-25)19(27)22-13-6-16(20)18-21-11(2)7-24(18)8-13/h4-10H,3H2,1-2H3,(H,22,27). The van der Waals surface area contributed by atoms with Crippen LogP contribution in [0.5, 0.6) is 0 Å². The highest BCUT2D eigenvalue weighted by Gasteiger charge is 2.17. The number of rotatable bonds is 4. The molecule has 0 radical (unpaired) electrons. The summed E-state index contributed by atoms with van der Waals surface area (Å²) in [4.78, 5) is 28.1. The maximum atomic E-state index is 14.2. The van der Waals surface area contributed by atoms with E-state index in [1.165, 1.54) is 10.5 Å². The monoisotopic (exact) mass is 365 g/mol. The average Bonchev–Trinajstić information content (AvgIpc) is 3.23. The van der Waals surface area contributed by atoms with Crippen molar-refractivity contribution in [3.63, 3.8) is 0 Å². The maximum absolute atomic E-state index is 14.2. The minimum Gasteiger partial charge on any atom is -0.320 e. The lowest BCUT2D eigenvalue weighted by Gasteiger charge is -2.07. The lowest BCUT2D eigenvalue weighted by Crippen LogP contribution is -2.13. The van der Waals surface area contributed by atoms with Gasteiger partial charge in [-0.1, -0.05) is 6.07 Å². The molecule has 3 heterocycles. The fourth-order valence-corrected chi connectivity index (χ4v) is 3.07. The Morgan fingerprint density at radius 3 is 2.85 bits per heavy atom. The topological polar surface area (TPSA) is 81.3 Å². The van der Waals surface area contributed by atoms with E-state index >= 15 is 0 Å². The molecule has 4 aromatic rings. The number of aromatic nitrogens is 4. The fourth-order valence-electron chi connectivity index (χ4n) is 3.07. The van der Waals surface area contributed by atoms with E-state index in [0.29, 0.717) is 40.0 Å². The highest BCUT2D eigenvalue weighted by molar-refractivity contribution is 6.14. The Kier molecular flexibility index (Phi) is 3.95. The second-order valence-electron chi connectivity index (χ2n) is 6.21. The van der Waals surface area contributed by atoms with Crippen LogP contribution >= 0.6 is 0 Å². The molecule has 0 saturated heterocycles. The number of aryl methyl sites for hydroxylation is 2. The number of imidazole rings is 1. The largest absolute Gasteiger partial charge is 0.320 e. The number of amides is 1. The molecule has 3 aromatic heterocycles. The molecule has 1 N–H and O–H groups in total. The van der Waals surface area contributed by atoms with Gasteiger partial charge in [-0.2, -0.15) is 5.10 Å². The SMILES string of the molecule is CCn1cc2c(C=O)ccc(C(=O)Nc3cc(F)c4nc(C)cn4c3)c2n1. The average molecular weight is 365 g/mol. The van der Waals surface area contributed by atoms with Gasteiger partial charge >= 0.3 is 0 Å². The molecule has 7 nitrogen and oxygen atoms in total. The summed E-state index contributed by atoms with van der Waals surface area (Å²) >= 11 is 0. The molecule has 1 aromatic carbocycles. The minimum absolute atomic E-state index is 0.199. The van der Waals surface area contributed by atoms with Crippen LogP contribution < -0.4 is 5.32 Å². The lowest BCUT2D eigenvalue weighted by atomic mass is 10.1.